The molecule has 0 fully saturated rings. The third-order valence-corrected chi connectivity index (χ3v) is 0.692. The Bertz CT molecular complexity index is 88.1. The van der Waals surface area contributed by atoms with Crippen molar-refractivity contribution in [2.75, 3.05) is 0 Å². The van der Waals surface area contributed by atoms with Crippen molar-refractivity contribution in [1.29, 1.82) is 0 Å². The summed E-state index contributed by atoms with van der Waals surface area (Å²) in [7, 11) is 0. The van der Waals surface area contributed by atoms with Gasteiger partial charge in [0, 0.05) is 0 Å². The van der Waals surface area contributed by atoms with Crippen LogP contribution in [0.5, 0.6) is 0 Å². The third kappa shape index (κ3) is 13.1. The maximum Gasteiger partial charge on any atom is 3.00 e. The van der Waals surface area contributed by atoms with Gasteiger partial charge in [-0.15, -0.1) is 0 Å². The first kappa shape index (κ1) is 13.7. The van der Waals surface area contributed by atoms with E-state index in [4.69, 9.17) is 0 Å². The van der Waals surface area contributed by atoms with E-state index in [9.17, 15) is 26.3 Å². The van der Waals surface area contributed by atoms with Crippen LogP contribution in [0.2, 0.25) is 0 Å². The van der Waals surface area contributed by atoms with Crippen LogP contribution in [0.15, 0.2) is 0 Å². The largest absolute Gasteiger partial charge is 3.00 e. The minimum absolute atomic E-state index is 0. The molecule has 0 nitrogen and oxygen atoms in total. The summed E-state index contributed by atoms with van der Waals surface area (Å²) in [5, 5.41) is 0. The standard InChI is InChI=1S/C4H4F6.Co/c5-3(6,7)1-2-4(8,9)10;/h1-2H2;/q;+3. The number of alkyl halides is 6. The van der Waals surface area contributed by atoms with Crippen LogP contribution in [0, 0.1) is 0 Å². The third-order valence-electron chi connectivity index (χ3n) is 0.692. The number of rotatable bonds is 1. The van der Waals surface area contributed by atoms with E-state index in [2.05, 4.69) is 0 Å². The average Bonchev–Trinajstić information content (AvgIpc) is 1.57. The van der Waals surface area contributed by atoms with Gasteiger partial charge in [-0.05, 0) is 0 Å². The second-order valence-electron chi connectivity index (χ2n) is 1.73. The fourth-order valence-corrected chi connectivity index (χ4v) is 0.283. The van der Waals surface area contributed by atoms with Crippen molar-refractivity contribution in [3.8, 4) is 0 Å². The maximum absolute atomic E-state index is 11.1. The van der Waals surface area contributed by atoms with Crippen LogP contribution in [-0.2, 0) is 16.8 Å². The van der Waals surface area contributed by atoms with Crippen molar-refractivity contribution in [3.05, 3.63) is 0 Å². The van der Waals surface area contributed by atoms with Crippen molar-refractivity contribution < 1.29 is 43.1 Å². The second kappa shape index (κ2) is 4.20. The van der Waals surface area contributed by atoms with Crippen molar-refractivity contribution in [1.82, 2.24) is 0 Å². The summed E-state index contributed by atoms with van der Waals surface area (Å²) < 4.78 is 66.5. The molecule has 0 atom stereocenters. The summed E-state index contributed by atoms with van der Waals surface area (Å²) in [5.41, 5.74) is 0. The molecule has 0 N–H and O–H groups in total. The number of hydrogen-bond acceptors (Lipinski definition) is 0. The van der Waals surface area contributed by atoms with Crippen LogP contribution in [0.3, 0.4) is 0 Å². The molecular formula is C4H4CoF6+3. The summed E-state index contributed by atoms with van der Waals surface area (Å²) in [6, 6.07) is 0. The zero-order chi connectivity index (χ0) is 8.41. The van der Waals surface area contributed by atoms with Crippen LogP contribution in [0.25, 0.3) is 0 Å². The van der Waals surface area contributed by atoms with Gasteiger partial charge < -0.3 is 0 Å². The zero-order valence-corrected chi connectivity index (χ0v) is 6.06. The smallest absolute Gasteiger partial charge is 0.171 e. The molecule has 0 spiro atoms. The van der Waals surface area contributed by atoms with Crippen molar-refractivity contribution in [3.63, 3.8) is 0 Å². The van der Waals surface area contributed by atoms with Gasteiger partial charge in [-0.1, -0.05) is 0 Å². The van der Waals surface area contributed by atoms with E-state index >= 15 is 0 Å². The Morgan fingerprint density at radius 1 is 0.636 bits per heavy atom. The van der Waals surface area contributed by atoms with Crippen molar-refractivity contribution >= 4 is 0 Å². The van der Waals surface area contributed by atoms with E-state index in [1.165, 1.54) is 0 Å². The van der Waals surface area contributed by atoms with Crippen LogP contribution in [0.1, 0.15) is 12.8 Å². The topological polar surface area (TPSA) is 0 Å². The van der Waals surface area contributed by atoms with Crippen LogP contribution in [-0.4, -0.2) is 12.4 Å². The molecule has 0 aliphatic carbocycles. The Balaban J connectivity index is 0. The molecule has 0 aromatic carbocycles. The van der Waals surface area contributed by atoms with Crippen molar-refractivity contribution in [2.24, 2.45) is 0 Å². The monoisotopic (exact) mass is 225 g/mol. The Morgan fingerprint density at radius 3 is 0.909 bits per heavy atom. The first-order valence-electron chi connectivity index (χ1n) is 2.34. The van der Waals surface area contributed by atoms with Crippen molar-refractivity contribution in [2.45, 2.75) is 25.2 Å². The van der Waals surface area contributed by atoms with E-state index in [0.29, 0.717) is 0 Å². The van der Waals surface area contributed by atoms with Crippen LogP contribution >= 0.6 is 0 Å². The van der Waals surface area contributed by atoms with Gasteiger partial charge in [-0.25, -0.2) is 0 Å². The minimum Gasteiger partial charge on any atom is -0.171 e. The second-order valence-corrected chi connectivity index (χ2v) is 1.73. The van der Waals surface area contributed by atoms with E-state index in [-0.39, 0.29) is 16.8 Å². The van der Waals surface area contributed by atoms with Gasteiger partial charge in [0.15, 0.2) is 0 Å². The normalized spacial score (nSPS) is 12.5. The van der Waals surface area contributed by atoms with Gasteiger partial charge in [-0.2, -0.15) is 26.3 Å². The molecule has 0 aliphatic heterocycles. The first-order valence-corrected chi connectivity index (χ1v) is 2.34. The molecule has 0 radical (unpaired) electrons. The van der Waals surface area contributed by atoms with E-state index in [0.717, 1.165) is 0 Å². The summed E-state index contributed by atoms with van der Waals surface area (Å²) in [4.78, 5) is 0. The predicted octanol–water partition coefficient (Wildman–Crippen LogP) is 2.89. The fourth-order valence-electron chi connectivity index (χ4n) is 0.283. The van der Waals surface area contributed by atoms with E-state index in [1.807, 2.05) is 0 Å². The van der Waals surface area contributed by atoms with Crippen LogP contribution in [0.4, 0.5) is 26.3 Å². The van der Waals surface area contributed by atoms with Crippen LogP contribution < -0.4 is 0 Å². The molecule has 0 rings (SSSR count). The quantitative estimate of drug-likeness (QED) is 0.602. The Labute approximate surface area is 69.1 Å². The Kier molecular flexibility index (Phi) is 5.21. The summed E-state index contributed by atoms with van der Waals surface area (Å²) in [5.74, 6) is 0. The molecule has 0 saturated heterocycles. The van der Waals surface area contributed by atoms with Gasteiger partial charge in [0.1, 0.15) is 0 Å². The summed E-state index contributed by atoms with van der Waals surface area (Å²) in [6.45, 7) is 0. The van der Waals surface area contributed by atoms with E-state index in [1.54, 1.807) is 0 Å². The molecule has 11 heavy (non-hydrogen) atoms. The molecule has 0 unspecified atom stereocenters. The Morgan fingerprint density at radius 2 is 0.818 bits per heavy atom. The maximum atomic E-state index is 11.1. The SMILES string of the molecule is FC(F)(F)CCC(F)(F)F.[Co+3]. The van der Waals surface area contributed by atoms with Gasteiger partial charge in [0.05, 0.1) is 12.8 Å². The molecule has 68 valence electrons. The minimum atomic E-state index is -4.71. The number of hydrogen-bond donors (Lipinski definition) is 0. The molecule has 0 saturated carbocycles. The first-order chi connectivity index (χ1) is 4.21. The van der Waals surface area contributed by atoms with E-state index < -0.39 is 25.2 Å². The molecule has 0 amide bonds. The summed E-state index contributed by atoms with van der Waals surface area (Å²) >= 11 is 0. The molecule has 0 aromatic heterocycles. The van der Waals surface area contributed by atoms with Gasteiger partial charge in [0.25, 0.3) is 0 Å². The predicted molar refractivity (Wildman–Crippen MR) is 21.3 cm³/mol. The van der Waals surface area contributed by atoms with Gasteiger partial charge in [0.2, 0.25) is 0 Å². The molecule has 0 bridgehead atoms. The number of halogens is 6. The molecule has 0 aliphatic rings. The summed E-state index contributed by atoms with van der Waals surface area (Å²) in [6.07, 6.45) is -13.0. The Hall–Kier alpha value is 0.0865. The molecular weight excluding hydrogens is 221 g/mol. The fraction of sp³-hybridized carbons (Fsp3) is 1.00. The average molecular weight is 225 g/mol. The molecule has 0 heterocycles. The van der Waals surface area contributed by atoms with Gasteiger partial charge >= 0.3 is 29.1 Å². The molecule has 7 heteroatoms. The zero-order valence-electron chi connectivity index (χ0n) is 5.02. The van der Waals surface area contributed by atoms with Gasteiger partial charge in [-0.3, -0.25) is 0 Å². The molecule has 0 aromatic rings.